The van der Waals surface area contributed by atoms with Gasteiger partial charge in [-0.3, -0.25) is 0 Å². The van der Waals surface area contributed by atoms with Gasteiger partial charge in [-0.2, -0.15) is 4.31 Å². The Morgan fingerprint density at radius 3 is 2.50 bits per heavy atom. The maximum Gasteiger partial charge on any atom is 0.242 e. The molecule has 2 aromatic carbocycles. The van der Waals surface area contributed by atoms with Crippen LogP contribution in [-0.4, -0.2) is 32.4 Å². The third kappa shape index (κ3) is 3.38. The molecule has 24 heavy (non-hydrogen) atoms. The minimum atomic E-state index is -3.50. The van der Waals surface area contributed by atoms with Crippen LogP contribution in [0.3, 0.4) is 0 Å². The van der Waals surface area contributed by atoms with E-state index in [1.165, 1.54) is 15.4 Å². The summed E-state index contributed by atoms with van der Waals surface area (Å²) in [5.74, 6) is 0. The molecular weight excluding hydrogens is 322 g/mol. The summed E-state index contributed by atoms with van der Waals surface area (Å²) < 4.78 is 32.8. The van der Waals surface area contributed by atoms with Gasteiger partial charge in [-0.05, 0) is 48.2 Å². The number of benzene rings is 2. The lowest BCUT2D eigenvalue weighted by Crippen LogP contribution is -2.38. The molecule has 1 heterocycles. The van der Waals surface area contributed by atoms with Crippen molar-refractivity contribution in [3.05, 3.63) is 64.7 Å². The summed E-state index contributed by atoms with van der Waals surface area (Å²) in [5, 5.41) is 0. The number of aryl methyl sites for hydroxylation is 2. The normalized spacial score (nSPS) is 17.8. The first-order chi connectivity index (χ1) is 11.4. The monoisotopic (exact) mass is 345 g/mol. The van der Waals surface area contributed by atoms with E-state index < -0.39 is 10.0 Å². The molecule has 3 rings (SSSR count). The van der Waals surface area contributed by atoms with E-state index in [1.54, 1.807) is 19.2 Å². The largest absolute Gasteiger partial charge is 0.372 e. The van der Waals surface area contributed by atoms with Crippen LogP contribution in [0.25, 0.3) is 0 Å². The van der Waals surface area contributed by atoms with Crippen LogP contribution >= 0.6 is 0 Å². The fourth-order valence-corrected chi connectivity index (χ4v) is 4.25. The van der Waals surface area contributed by atoms with Crippen LogP contribution in [0.1, 0.15) is 22.3 Å². The van der Waals surface area contributed by atoms with Crippen LogP contribution in [-0.2, 0) is 27.8 Å². The number of sulfonamides is 1. The lowest BCUT2D eigenvalue weighted by atomic mass is 9.99. The second kappa shape index (κ2) is 6.67. The van der Waals surface area contributed by atoms with Crippen molar-refractivity contribution in [3.8, 4) is 0 Å². The third-order valence-corrected chi connectivity index (χ3v) is 6.51. The average molecular weight is 345 g/mol. The lowest BCUT2D eigenvalue weighted by Gasteiger charge is -2.28. The maximum absolute atomic E-state index is 12.8. The number of nitrogens with zero attached hydrogens (tertiary/aromatic N) is 1. The van der Waals surface area contributed by atoms with Crippen molar-refractivity contribution in [1.29, 1.82) is 0 Å². The number of ether oxygens (including phenoxy) is 1. The van der Waals surface area contributed by atoms with Gasteiger partial charge in [-0.1, -0.05) is 30.3 Å². The second-order valence-electron chi connectivity index (χ2n) is 6.44. The Bertz CT molecular complexity index is 845. The van der Waals surface area contributed by atoms with Crippen molar-refractivity contribution in [2.45, 2.75) is 37.9 Å². The number of hydrogen-bond acceptors (Lipinski definition) is 3. The van der Waals surface area contributed by atoms with E-state index in [4.69, 9.17) is 4.74 Å². The number of fused-ring (bicyclic) bond motifs is 1. The SMILES string of the molecule is Cc1ccc(S(=O)(=O)N(C)CC2Cc3ccccc3CO2)cc1C. The topological polar surface area (TPSA) is 46.6 Å². The third-order valence-electron chi connectivity index (χ3n) is 4.69. The van der Waals surface area contributed by atoms with Crippen LogP contribution in [0.2, 0.25) is 0 Å². The maximum atomic E-state index is 12.8. The van der Waals surface area contributed by atoms with E-state index >= 15 is 0 Å². The summed E-state index contributed by atoms with van der Waals surface area (Å²) in [4.78, 5) is 0.337. The Morgan fingerprint density at radius 2 is 1.79 bits per heavy atom. The smallest absolute Gasteiger partial charge is 0.242 e. The molecule has 0 aromatic heterocycles. The van der Waals surface area contributed by atoms with Gasteiger partial charge in [0.15, 0.2) is 0 Å². The van der Waals surface area contributed by atoms with E-state index in [0.717, 1.165) is 17.5 Å². The Hall–Kier alpha value is -1.69. The van der Waals surface area contributed by atoms with E-state index in [9.17, 15) is 8.42 Å². The summed E-state index contributed by atoms with van der Waals surface area (Å²) in [5.41, 5.74) is 4.50. The minimum absolute atomic E-state index is 0.119. The fourth-order valence-electron chi connectivity index (χ4n) is 2.97. The van der Waals surface area contributed by atoms with Gasteiger partial charge in [0.1, 0.15) is 0 Å². The van der Waals surface area contributed by atoms with Crippen LogP contribution in [0.5, 0.6) is 0 Å². The van der Waals surface area contributed by atoms with Crippen molar-refractivity contribution in [2.75, 3.05) is 13.6 Å². The van der Waals surface area contributed by atoms with Gasteiger partial charge in [0, 0.05) is 20.0 Å². The molecule has 1 unspecified atom stereocenters. The van der Waals surface area contributed by atoms with Gasteiger partial charge < -0.3 is 4.74 Å². The second-order valence-corrected chi connectivity index (χ2v) is 8.48. The first kappa shape index (κ1) is 17.1. The van der Waals surface area contributed by atoms with Gasteiger partial charge >= 0.3 is 0 Å². The molecule has 0 bridgehead atoms. The molecule has 1 aliphatic rings. The van der Waals surface area contributed by atoms with Crippen LogP contribution in [0.15, 0.2) is 47.4 Å². The minimum Gasteiger partial charge on any atom is -0.372 e. The first-order valence-electron chi connectivity index (χ1n) is 8.10. The molecule has 0 radical (unpaired) electrons. The molecule has 0 amide bonds. The molecule has 0 aliphatic carbocycles. The summed E-state index contributed by atoms with van der Waals surface area (Å²) in [7, 11) is -1.88. The average Bonchev–Trinajstić information content (AvgIpc) is 2.57. The Morgan fingerprint density at radius 1 is 1.08 bits per heavy atom. The van der Waals surface area contributed by atoms with Crippen LogP contribution in [0.4, 0.5) is 0 Å². The van der Waals surface area contributed by atoms with E-state index in [-0.39, 0.29) is 6.10 Å². The summed E-state index contributed by atoms with van der Waals surface area (Å²) >= 11 is 0. The van der Waals surface area contributed by atoms with Crippen molar-refractivity contribution >= 4 is 10.0 Å². The lowest BCUT2D eigenvalue weighted by molar-refractivity contribution is 0.0202. The molecule has 1 atom stereocenters. The van der Waals surface area contributed by atoms with Crippen molar-refractivity contribution in [3.63, 3.8) is 0 Å². The van der Waals surface area contributed by atoms with Gasteiger partial charge in [0.2, 0.25) is 10.0 Å². The predicted octanol–water partition coefficient (Wildman–Crippen LogP) is 3.07. The fraction of sp³-hybridized carbons (Fsp3) is 0.368. The van der Waals surface area contributed by atoms with Gasteiger partial charge in [-0.25, -0.2) is 8.42 Å². The molecule has 0 N–H and O–H groups in total. The zero-order valence-corrected chi connectivity index (χ0v) is 15.1. The van der Waals surface area contributed by atoms with Crippen molar-refractivity contribution in [2.24, 2.45) is 0 Å². The molecule has 4 nitrogen and oxygen atoms in total. The Labute approximate surface area is 144 Å². The van der Waals surface area contributed by atoms with Crippen LogP contribution in [0, 0.1) is 13.8 Å². The highest BCUT2D eigenvalue weighted by atomic mass is 32.2. The molecule has 0 spiro atoms. The van der Waals surface area contributed by atoms with Crippen molar-refractivity contribution in [1.82, 2.24) is 4.31 Å². The highest BCUT2D eigenvalue weighted by molar-refractivity contribution is 7.89. The first-order valence-corrected chi connectivity index (χ1v) is 9.54. The summed E-state index contributed by atoms with van der Waals surface area (Å²) in [6, 6.07) is 13.4. The molecular formula is C19H23NO3S. The molecule has 2 aromatic rings. The number of rotatable bonds is 4. The molecule has 128 valence electrons. The van der Waals surface area contributed by atoms with E-state index in [2.05, 4.69) is 12.1 Å². The number of likely N-dealkylation sites (N-methyl/N-ethyl adjacent to an activating group) is 1. The highest BCUT2D eigenvalue weighted by Crippen LogP contribution is 2.23. The Kier molecular flexibility index (Phi) is 4.76. The molecule has 0 fully saturated rings. The highest BCUT2D eigenvalue weighted by Gasteiger charge is 2.27. The number of hydrogen-bond donors (Lipinski definition) is 0. The molecule has 0 saturated carbocycles. The van der Waals surface area contributed by atoms with Crippen molar-refractivity contribution < 1.29 is 13.2 Å². The zero-order chi connectivity index (χ0) is 17.3. The standard InChI is InChI=1S/C19H23NO3S/c1-14-8-9-19(10-15(14)2)24(21,22)20(3)12-18-11-16-6-4-5-7-17(16)13-23-18/h4-10,18H,11-13H2,1-3H3. The Balaban J connectivity index is 1.74. The predicted molar refractivity (Wildman–Crippen MR) is 94.5 cm³/mol. The van der Waals surface area contributed by atoms with Crippen LogP contribution < -0.4 is 0 Å². The quantitative estimate of drug-likeness (QED) is 0.855. The van der Waals surface area contributed by atoms with E-state index in [1.807, 2.05) is 32.0 Å². The van der Waals surface area contributed by atoms with Gasteiger partial charge in [-0.15, -0.1) is 0 Å². The molecule has 0 saturated heterocycles. The summed E-state index contributed by atoms with van der Waals surface area (Å²) in [6.07, 6.45) is 0.620. The zero-order valence-electron chi connectivity index (χ0n) is 14.3. The molecule has 5 heteroatoms. The van der Waals surface area contributed by atoms with Gasteiger partial charge in [0.05, 0.1) is 17.6 Å². The van der Waals surface area contributed by atoms with Gasteiger partial charge in [0.25, 0.3) is 0 Å². The van der Waals surface area contributed by atoms with E-state index in [0.29, 0.717) is 18.0 Å². The molecule has 1 aliphatic heterocycles. The summed E-state index contributed by atoms with van der Waals surface area (Å²) in [6.45, 7) is 4.79.